The number of hydrogen-bond donors (Lipinski definition) is 1. The summed E-state index contributed by atoms with van der Waals surface area (Å²) < 4.78 is 17.6. The standard InChI is InChI=1S/C24H36O3S2/c1-8-24(9-2,22-13-11-19(28-22)16-29(7)26)18-10-12-20(17(3)14-18)27-15-21(25)23(4,5)6/h10-14,21,25H,8-9,15-16H2,1-7H3. The van der Waals surface area contributed by atoms with Crippen LogP contribution in [0.4, 0.5) is 0 Å². The van der Waals surface area contributed by atoms with Crippen molar-refractivity contribution in [1.82, 2.24) is 0 Å². The molecule has 0 radical (unpaired) electrons. The first kappa shape index (κ1) is 24.1. The molecule has 2 rings (SSSR count). The molecule has 29 heavy (non-hydrogen) atoms. The van der Waals surface area contributed by atoms with Crippen molar-refractivity contribution in [3.63, 3.8) is 0 Å². The summed E-state index contributed by atoms with van der Waals surface area (Å²) in [6.45, 7) is 12.9. The number of aliphatic hydroxyl groups is 1. The molecule has 162 valence electrons. The lowest BCUT2D eigenvalue weighted by atomic mass is 9.74. The van der Waals surface area contributed by atoms with E-state index in [-0.39, 0.29) is 10.8 Å². The minimum absolute atomic E-state index is 0.0492. The minimum Gasteiger partial charge on any atom is -0.491 e. The number of aryl methyl sites for hydroxylation is 1. The maximum Gasteiger partial charge on any atom is 0.122 e. The normalized spacial score (nSPS) is 14.6. The summed E-state index contributed by atoms with van der Waals surface area (Å²) in [5.74, 6) is 1.45. The van der Waals surface area contributed by atoms with E-state index in [0.29, 0.717) is 12.4 Å². The van der Waals surface area contributed by atoms with Gasteiger partial charge in [0.1, 0.15) is 12.4 Å². The van der Waals surface area contributed by atoms with E-state index in [0.717, 1.165) is 24.2 Å². The molecular formula is C24H36O3S2. The smallest absolute Gasteiger partial charge is 0.122 e. The second-order valence-corrected chi connectivity index (χ2v) is 11.5. The Bertz CT molecular complexity index is 829. The fourth-order valence-corrected chi connectivity index (χ4v) is 5.98. The van der Waals surface area contributed by atoms with Crippen LogP contribution in [-0.4, -0.2) is 28.3 Å². The molecule has 0 spiro atoms. The maximum absolute atomic E-state index is 11.6. The Hall–Kier alpha value is -1.17. The van der Waals surface area contributed by atoms with Gasteiger partial charge in [-0.1, -0.05) is 46.8 Å². The van der Waals surface area contributed by atoms with E-state index in [1.165, 1.54) is 15.3 Å². The van der Waals surface area contributed by atoms with Gasteiger partial charge in [-0.15, -0.1) is 11.3 Å². The van der Waals surface area contributed by atoms with Crippen molar-refractivity contribution in [3.8, 4) is 5.75 Å². The first-order valence-corrected chi connectivity index (χ1v) is 12.9. The van der Waals surface area contributed by atoms with Gasteiger partial charge in [-0.3, -0.25) is 4.21 Å². The first-order chi connectivity index (χ1) is 13.5. The lowest BCUT2D eigenvalue weighted by Crippen LogP contribution is -2.32. The van der Waals surface area contributed by atoms with Gasteiger partial charge < -0.3 is 9.84 Å². The second kappa shape index (κ2) is 9.76. The van der Waals surface area contributed by atoms with Gasteiger partial charge in [0.25, 0.3) is 0 Å². The fourth-order valence-electron chi connectivity index (χ4n) is 3.59. The van der Waals surface area contributed by atoms with Crippen molar-refractivity contribution in [2.75, 3.05) is 12.9 Å². The van der Waals surface area contributed by atoms with E-state index in [1.54, 1.807) is 17.6 Å². The first-order valence-electron chi connectivity index (χ1n) is 10.3. The Balaban J connectivity index is 2.31. The predicted octanol–water partition coefficient (Wildman–Crippen LogP) is 5.83. The van der Waals surface area contributed by atoms with Gasteiger partial charge in [-0.2, -0.15) is 0 Å². The molecule has 0 aliphatic heterocycles. The van der Waals surface area contributed by atoms with Crippen LogP contribution in [0.15, 0.2) is 30.3 Å². The van der Waals surface area contributed by atoms with Crippen LogP contribution >= 0.6 is 11.3 Å². The monoisotopic (exact) mass is 436 g/mol. The highest BCUT2D eigenvalue weighted by Gasteiger charge is 2.33. The van der Waals surface area contributed by atoms with Gasteiger partial charge in [0.2, 0.25) is 0 Å². The lowest BCUT2D eigenvalue weighted by Gasteiger charge is -2.32. The molecule has 1 heterocycles. The summed E-state index contributed by atoms with van der Waals surface area (Å²) in [6.07, 6.45) is 3.24. The lowest BCUT2D eigenvalue weighted by molar-refractivity contribution is 0.0216. The fraction of sp³-hybridized carbons (Fsp3) is 0.583. The quantitative estimate of drug-likeness (QED) is 0.538. The van der Waals surface area contributed by atoms with Gasteiger partial charge in [0, 0.05) is 32.2 Å². The van der Waals surface area contributed by atoms with Gasteiger partial charge in [0.05, 0.1) is 11.9 Å². The number of thiophene rings is 1. The van der Waals surface area contributed by atoms with E-state index in [2.05, 4.69) is 45.0 Å². The number of ether oxygens (including phenoxy) is 1. The zero-order valence-electron chi connectivity index (χ0n) is 18.9. The molecule has 3 nitrogen and oxygen atoms in total. The van der Waals surface area contributed by atoms with Gasteiger partial charge in [-0.25, -0.2) is 0 Å². The van der Waals surface area contributed by atoms with Crippen molar-refractivity contribution < 1.29 is 14.1 Å². The molecule has 1 aromatic carbocycles. The average Bonchev–Trinajstić information content (AvgIpc) is 3.09. The third-order valence-corrected chi connectivity index (χ3v) is 8.00. The summed E-state index contributed by atoms with van der Waals surface area (Å²) in [4.78, 5) is 2.51. The highest BCUT2D eigenvalue weighted by molar-refractivity contribution is 7.83. The van der Waals surface area contributed by atoms with Crippen LogP contribution in [0.25, 0.3) is 0 Å². The summed E-state index contributed by atoms with van der Waals surface area (Å²) in [7, 11) is -0.825. The zero-order chi connectivity index (χ0) is 21.8. The molecule has 2 aromatic rings. The third-order valence-electron chi connectivity index (χ3n) is 5.81. The third kappa shape index (κ3) is 5.71. The summed E-state index contributed by atoms with van der Waals surface area (Å²) in [5, 5.41) is 10.3. The Labute approximate surface area is 183 Å². The second-order valence-electron chi connectivity index (χ2n) is 8.95. The predicted molar refractivity (Wildman–Crippen MR) is 126 cm³/mol. The molecule has 0 amide bonds. The highest BCUT2D eigenvalue weighted by atomic mass is 32.2. The average molecular weight is 437 g/mol. The molecule has 0 bridgehead atoms. The van der Waals surface area contributed by atoms with Crippen LogP contribution in [0.2, 0.25) is 0 Å². The van der Waals surface area contributed by atoms with Crippen LogP contribution in [-0.2, 0) is 22.0 Å². The summed E-state index contributed by atoms with van der Waals surface area (Å²) >= 11 is 1.78. The molecular weight excluding hydrogens is 400 g/mol. The topological polar surface area (TPSA) is 46.5 Å². The zero-order valence-corrected chi connectivity index (χ0v) is 20.5. The van der Waals surface area contributed by atoms with Gasteiger partial charge >= 0.3 is 0 Å². The van der Waals surface area contributed by atoms with Gasteiger partial charge in [-0.05, 0) is 54.5 Å². The van der Waals surface area contributed by atoms with Crippen molar-refractivity contribution in [2.45, 2.75) is 71.7 Å². The largest absolute Gasteiger partial charge is 0.491 e. The van der Waals surface area contributed by atoms with E-state index >= 15 is 0 Å². The Morgan fingerprint density at radius 1 is 1.14 bits per heavy atom. The molecule has 0 saturated carbocycles. The van der Waals surface area contributed by atoms with Crippen LogP contribution in [0, 0.1) is 12.3 Å². The molecule has 0 aliphatic carbocycles. The van der Waals surface area contributed by atoms with Crippen molar-refractivity contribution in [2.24, 2.45) is 5.41 Å². The maximum atomic E-state index is 11.6. The van der Waals surface area contributed by atoms with Crippen molar-refractivity contribution in [1.29, 1.82) is 0 Å². The van der Waals surface area contributed by atoms with E-state index in [1.807, 2.05) is 26.8 Å². The van der Waals surface area contributed by atoms with E-state index in [9.17, 15) is 9.32 Å². The molecule has 2 atom stereocenters. The molecule has 5 heteroatoms. The molecule has 0 aliphatic rings. The van der Waals surface area contributed by atoms with Crippen molar-refractivity contribution >= 4 is 22.1 Å². The SMILES string of the molecule is CCC(CC)(c1ccc(OCC(O)C(C)(C)C)c(C)c1)c1ccc(CS(C)=O)s1. The Kier molecular flexibility index (Phi) is 8.11. The molecule has 0 fully saturated rings. The van der Waals surface area contributed by atoms with Crippen LogP contribution in [0.5, 0.6) is 5.75 Å². The minimum atomic E-state index is -0.825. The van der Waals surface area contributed by atoms with Crippen molar-refractivity contribution in [3.05, 3.63) is 51.2 Å². The van der Waals surface area contributed by atoms with Crippen LogP contribution in [0.3, 0.4) is 0 Å². The van der Waals surface area contributed by atoms with Crippen LogP contribution < -0.4 is 4.74 Å². The molecule has 1 N–H and O–H groups in total. The Morgan fingerprint density at radius 3 is 2.31 bits per heavy atom. The number of aliphatic hydroxyl groups excluding tert-OH is 1. The van der Waals surface area contributed by atoms with Gasteiger partial charge in [0.15, 0.2) is 0 Å². The number of hydrogen-bond acceptors (Lipinski definition) is 4. The Morgan fingerprint density at radius 2 is 1.79 bits per heavy atom. The van der Waals surface area contributed by atoms with Crippen LogP contribution in [0.1, 0.15) is 68.3 Å². The summed E-state index contributed by atoms with van der Waals surface area (Å²) in [5.41, 5.74) is 2.12. The van der Waals surface area contributed by atoms with E-state index < -0.39 is 16.9 Å². The molecule has 0 saturated heterocycles. The number of rotatable bonds is 9. The van der Waals surface area contributed by atoms with E-state index in [4.69, 9.17) is 4.74 Å². The highest BCUT2D eigenvalue weighted by Crippen LogP contribution is 2.43. The molecule has 1 aromatic heterocycles. The summed E-state index contributed by atoms with van der Waals surface area (Å²) in [6, 6.07) is 10.8. The number of benzene rings is 1. The molecule has 2 unspecified atom stereocenters.